The van der Waals surface area contributed by atoms with E-state index >= 15 is 4.39 Å². The number of ether oxygens (including phenoxy) is 2. The maximum atomic E-state index is 15.3. The van der Waals surface area contributed by atoms with E-state index in [9.17, 15) is 9.32 Å². The van der Waals surface area contributed by atoms with Gasteiger partial charge in [0.1, 0.15) is 24.1 Å². The number of aromatic nitrogens is 2. The van der Waals surface area contributed by atoms with E-state index in [0.29, 0.717) is 46.9 Å². The van der Waals surface area contributed by atoms with Crippen molar-refractivity contribution in [2.24, 2.45) is 9.98 Å². The summed E-state index contributed by atoms with van der Waals surface area (Å²) in [6.45, 7) is 9.32. The number of benzene rings is 2. The van der Waals surface area contributed by atoms with Crippen LogP contribution in [-0.2, 0) is 20.3 Å². The largest absolute Gasteiger partial charge is 0.489 e. The molecule has 12 nitrogen and oxygen atoms in total. The maximum absolute atomic E-state index is 15.3. The lowest BCUT2D eigenvalue weighted by Gasteiger charge is -2.38. The highest BCUT2D eigenvalue weighted by Crippen LogP contribution is 2.32. The summed E-state index contributed by atoms with van der Waals surface area (Å²) in [5.41, 5.74) is 5.48. The van der Waals surface area contributed by atoms with E-state index in [2.05, 4.69) is 20.8 Å². The molecule has 3 aliphatic rings. The van der Waals surface area contributed by atoms with Gasteiger partial charge in [0.15, 0.2) is 5.76 Å². The van der Waals surface area contributed by atoms with Crippen LogP contribution < -0.4 is 15.6 Å². The molecule has 0 radical (unpaired) electrons. The number of anilines is 2. The Morgan fingerprint density at radius 2 is 1.98 bits per heavy atom. The van der Waals surface area contributed by atoms with Gasteiger partial charge in [-0.3, -0.25) is 5.43 Å². The van der Waals surface area contributed by atoms with Crippen LogP contribution in [0.4, 0.5) is 15.8 Å². The molecule has 4 heterocycles. The summed E-state index contributed by atoms with van der Waals surface area (Å²) in [6, 6.07) is 11.7. The van der Waals surface area contributed by atoms with Crippen LogP contribution in [0.5, 0.6) is 0 Å². The molecular formula is C30H35FN8O4S. The number of nitrogens with zero attached hydrogens (tertiary/aromatic N) is 6. The highest BCUT2D eigenvalue weighted by atomic mass is 32.2. The van der Waals surface area contributed by atoms with Gasteiger partial charge in [-0.05, 0) is 64.1 Å². The van der Waals surface area contributed by atoms with Crippen LogP contribution in [0.25, 0.3) is 5.70 Å². The average Bonchev–Trinajstić information content (AvgIpc) is 3.64. The molecule has 3 unspecified atom stereocenters. The number of hydrogen-bond acceptors (Lipinski definition) is 11. The van der Waals surface area contributed by atoms with E-state index in [0.717, 1.165) is 11.3 Å². The van der Waals surface area contributed by atoms with E-state index < -0.39 is 22.8 Å². The van der Waals surface area contributed by atoms with Crippen LogP contribution in [0, 0.1) is 5.82 Å². The summed E-state index contributed by atoms with van der Waals surface area (Å²) in [4.78, 5) is 12.2. The van der Waals surface area contributed by atoms with E-state index in [1.165, 1.54) is 12.1 Å². The molecule has 1 fully saturated rings. The first-order valence-electron chi connectivity index (χ1n) is 14.5. The third-order valence-electron chi connectivity index (χ3n) is 7.21. The predicted octanol–water partition coefficient (Wildman–Crippen LogP) is 3.67. The van der Waals surface area contributed by atoms with Gasteiger partial charge in [-0.1, -0.05) is 6.07 Å². The molecule has 3 aliphatic heterocycles. The maximum Gasteiger partial charge on any atom is 0.217 e. The molecule has 3 atom stereocenters. The number of aliphatic imine (C=N–C) groups is 2. The minimum absolute atomic E-state index is 0.149. The van der Waals surface area contributed by atoms with Crippen molar-refractivity contribution >= 4 is 40.2 Å². The molecule has 3 aromatic rings. The summed E-state index contributed by atoms with van der Waals surface area (Å²) >= 11 is 0. The Morgan fingerprint density at radius 1 is 1.18 bits per heavy atom. The molecule has 6 rings (SSSR count). The lowest BCUT2D eigenvalue weighted by atomic mass is 10.1. The normalized spacial score (nSPS) is 19.4. The van der Waals surface area contributed by atoms with Crippen molar-refractivity contribution < 1.29 is 23.2 Å². The fraction of sp³-hybridized carbons (Fsp3) is 0.367. The van der Waals surface area contributed by atoms with Gasteiger partial charge >= 0.3 is 0 Å². The third-order valence-corrected chi connectivity index (χ3v) is 8.58. The molecule has 0 spiro atoms. The van der Waals surface area contributed by atoms with E-state index in [1.807, 2.05) is 57.0 Å². The van der Waals surface area contributed by atoms with Crippen molar-refractivity contribution in [3.8, 4) is 0 Å². The lowest BCUT2D eigenvalue weighted by molar-refractivity contribution is 0.0159. The number of aliphatic hydroxyl groups is 1. The van der Waals surface area contributed by atoms with Gasteiger partial charge < -0.3 is 24.8 Å². The van der Waals surface area contributed by atoms with Gasteiger partial charge in [0, 0.05) is 46.9 Å². The SMILES string of the molecule is CCOC(C)n1cc(C2=C(OC(C)C)C3N=C(Nc4ccc(S(=O)c5cccc(N6CC(O)C6)c5)cc4F)NN3C=N2)cn1. The van der Waals surface area contributed by atoms with Crippen molar-refractivity contribution in [1.29, 1.82) is 0 Å². The number of nitrogens with one attached hydrogen (secondary N) is 2. The molecule has 2 aromatic carbocycles. The first-order valence-corrected chi connectivity index (χ1v) is 15.6. The van der Waals surface area contributed by atoms with E-state index in [4.69, 9.17) is 14.5 Å². The zero-order valence-corrected chi connectivity index (χ0v) is 25.7. The van der Waals surface area contributed by atoms with Crippen molar-refractivity contribution in [1.82, 2.24) is 20.2 Å². The van der Waals surface area contributed by atoms with Crippen molar-refractivity contribution in [2.45, 2.75) is 62.1 Å². The molecule has 1 saturated heterocycles. The average molecular weight is 623 g/mol. The monoisotopic (exact) mass is 622 g/mol. The Morgan fingerprint density at radius 3 is 2.70 bits per heavy atom. The highest BCUT2D eigenvalue weighted by molar-refractivity contribution is 7.85. The van der Waals surface area contributed by atoms with E-state index in [-0.39, 0.29) is 24.1 Å². The summed E-state index contributed by atoms with van der Waals surface area (Å²) in [5, 5.41) is 18.7. The number of aliphatic hydroxyl groups excluding tert-OH is 1. The molecular weight excluding hydrogens is 587 g/mol. The zero-order chi connectivity index (χ0) is 31.0. The van der Waals surface area contributed by atoms with Crippen molar-refractivity contribution in [2.75, 3.05) is 29.9 Å². The number of hydrazine groups is 1. The number of guanidine groups is 1. The second-order valence-electron chi connectivity index (χ2n) is 10.8. The van der Waals surface area contributed by atoms with Crippen LogP contribution in [0.3, 0.4) is 0 Å². The highest BCUT2D eigenvalue weighted by Gasteiger charge is 2.36. The molecule has 0 aliphatic carbocycles. The Hall–Kier alpha value is -4.27. The molecule has 0 bridgehead atoms. The van der Waals surface area contributed by atoms with Gasteiger partial charge in [0.05, 0.1) is 34.9 Å². The van der Waals surface area contributed by atoms with Gasteiger partial charge in [-0.2, -0.15) is 5.10 Å². The number of rotatable bonds is 10. The van der Waals surface area contributed by atoms with Gasteiger partial charge in [0.2, 0.25) is 12.1 Å². The standard InChI is InChI=1S/C30H35FN8O4S/c1-5-42-19(4)38-14-20(13-33-38)27-28(43-18(2)3)29-35-30(36-39(29)17-32-27)34-26-10-9-24(12-25(26)31)44(41)23-8-6-7-21(11-23)37-15-22(40)16-37/h6-14,17-19,22,29,40H,5,15-16H2,1-4H3,(H2,34,35,36). The van der Waals surface area contributed by atoms with Crippen LogP contribution in [0.15, 0.2) is 80.4 Å². The first-order chi connectivity index (χ1) is 21.2. The third kappa shape index (κ3) is 6.05. The van der Waals surface area contributed by atoms with Gasteiger partial charge in [-0.25, -0.2) is 28.3 Å². The Labute approximate surface area is 257 Å². The van der Waals surface area contributed by atoms with Crippen molar-refractivity contribution in [3.05, 3.63) is 72.0 Å². The fourth-order valence-electron chi connectivity index (χ4n) is 5.04. The molecule has 1 aromatic heterocycles. The minimum atomic E-state index is -1.59. The summed E-state index contributed by atoms with van der Waals surface area (Å²) < 4.78 is 42.1. The Kier molecular flexibility index (Phi) is 8.38. The Bertz CT molecular complexity index is 1650. The van der Waals surface area contributed by atoms with E-state index in [1.54, 1.807) is 34.4 Å². The number of fused-ring (bicyclic) bond motifs is 1. The van der Waals surface area contributed by atoms with Crippen LogP contribution in [0.2, 0.25) is 0 Å². The second-order valence-corrected chi connectivity index (χ2v) is 12.3. The number of hydrogen-bond donors (Lipinski definition) is 3. The smallest absolute Gasteiger partial charge is 0.217 e. The van der Waals surface area contributed by atoms with Crippen molar-refractivity contribution in [3.63, 3.8) is 0 Å². The topological polar surface area (TPSA) is 129 Å². The van der Waals surface area contributed by atoms with Crippen LogP contribution in [0.1, 0.15) is 39.5 Å². The lowest BCUT2D eigenvalue weighted by Crippen LogP contribution is -2.50. The Balaban J connectivity index is 1.20. The molecule has 0 amide bonds. The first kappa shape index (κ1) is 29.8. The summed E-state index contributed by atoms with van der Waals surface area (Å²) in [7, 11) is -1.59. The molecule has 3 N–H and O–H groups in total. The molecule has 0 saturated carbocycles. The van der Waals surface area contributed by atoms with Gasteiger partial charge in [0.25, 0.3) is 0 Å². The zero-order valence-electron chi connectivity index (χ0n) is 24.8. The minimum Gasteiger partial charge on any atom is -0.489 e. The van der Waals surface area contributed by atoms with Gasteiger partial charge in [-0.15, -0.1) is 0 Å². The molecule has 44 heavy (non-hydrogen) atoms. The summed E-state index contributed by atoms with van der Waals surface area (Å²) in [6.07, 6.45) is 3.84. The fourth-order valence-corrected chi connectivity index (χ4v) is 6.15. The van der Waals surface area contributed by atoms with Crippen LogP contribution in [-0.4, -0.2) is 74.5 Å². The number of β-amino-alcohol motifs (C(OH)–C–C–N with tert-alkyl or cyclic N) is 1. The quantitative estimate of drug-likeness (QED) is 0.310. The molecule has 14 heteroatoms. The second kappa shape index (κ2) is 12.4. The summed E-state index contributed by atoms with van der Waals surface area (Å²) in [5.74, 6) is 0.244. The predicted molar refractivity (Wildman–Crippen MR) is 166 cm³/mol. The molecule has 232 valence electrons. The van der Waals surface area contributed by atoms with Crippen LogP contribution >= 0.6 is 0 Å². The number of halogens is 1.